The zero-order chi connectivity index (χ0) is 22.3. The number of hydrogen-bond donors (Lipinski definition) is 2. The number of nitrogens with one attached hydrogen (secondary N) is 2. The van der Waals surface area contributed by atoms with Gasteiger partial charge in [-0.3, -0.25) is 4.79 Å². The second kappa shape index (κ2) is 10.1. The van der Waals surface area contributed by atoms with Crippen LogP contribution in [0, 0.1) is 6.92 Å². The van der Waals surface area contributed by atoms with Crippen LogP contribution in [0.4, 0.5) is 14.5 Å². The van der Waals surface area contributed by atoms with E-state index in [2.05, 4.69) is 14.8 Å². The fourth-order valence-electron chi connectivity index (χ4n) is 2.43. The topological polar surface area (TPSA) is 111 Å². The standard InChI is InChI=1S/C19H20F2N2O6S/c1-3-22-30(26,27)13-9-8-12(2)14(10-13)18(25)28-11-17(24)23-15-6-4-5-7-16(15)29-19(20)21/h4-10,19,22H,3,11H2,1-2H3,(H,23,24). The number of alkyl halides is 2. The first-order valence-corrected chi connectivity index (χ1v) is 10.2. The number of para-hydroxylation sites is 2. The van der Waals surface area contributed by atoms with Crippen molar-refractivity contribution in [2.24, 2.45) is 0 Å². The Hall–Kier alpha value is -3.05. The lowest BCUT2D eigenvalue weighted by Gasteiger charge is -2.12. The second-order valence-corrected chi connectivity index (χ2v) is 7.74. The third-order valence-corrected chi connectivity index (χ3v) is 5.33. The van der Waals surface area contributed by atoms with Crippen LogP contribution >= 0.6 is 0 Å². The Bertz CT molecular complexity index is 1030. The number of benzene rings is 2. The fraction of sp³-hybridized carbons (Fsp3) is 0.263. The molecule has 162 valence electrons. The fourth-order valence-corrected chi connectivity index (χ4v) is 3.49. The Morgan fingerprint density at radius 1 is 1.13 bits per heavy atom. The number of carbonyl (C=O) groups excluding carboxylic acids is 2. The van der Waals surface area contributed by atoms with Gasteiger partial charge in [-0.25, -0.2) is 17.9 Å². The summed E-state index contributed by atoms with van der Waals surface area (Å²) in [5, 5.41) is 2.31. The van der Waals surface area contributed by atoms with Crippen molar-refractivity contribution in [3.05, 3.63) is 53.6 Å². The van der Waals surface area contributed by atoms with Gasteiger partial charge in [-0.1, -0.05) is 25.1 Å². The molecular formula is C19H20F2N2O6S. The van der Waals surface area contributed by atoms with E-state index < -0.39 is 35.1 Å². The van der Waals surface area contributed by atoms with Gasteiger partial charge in [0.05, 0.1) is 16.1 Å². The van der Waals surface area contributed by atoms with Crippen molar-refractivity contribution in [1.82, 2.24) is 4.72 Å². The van der Waals surface area contributed by atoms with Crippen LogP contribution in [0.3, 0.4) is 0 Å². The summed E-state index contributed by atoms with van der Waals surface area (Å²) in [6, 6.07) is 9.48. The Balaban J connectivity index is 2.07. The smallest absolute Gasteiger partial charge is 0.387 e. The van der Waals surface area contributed by atoms with Gasteiger partial charge in [0.2, 0.25) is 10.0 Å². The second-order valence-electron chi connectivity index (χ2n) is 5.98. The van der Waals surface area contributed by atoms with Gasteiger partial charge >= 0.3 is 12.6 Å². The van der Waals surface area contributed by atoms with E-state index in [1.54, 1.807) is 13.8 Å². The van der Waals surface area contributed by atoms with E-state index in [0.717, 1.165) is 6.07 Å². The Morgan fingerprint density at radius 3 is 2.50 bits per heavy atom. The zero-order valence-electron chi connectivity index (χ0n) is 16.1. The highest BCUT2D eigenvalue weighted by molar-refractivity contribution is 7.89. The first-order chi connectivity index (χ1) is 14.1. The van der Waals surface area contributed by atoms with Gasteiger partial charge in [-0.05, 0) is 36.8 Å². The maximum atomic E-state index is 12.4. The van der Waals surface area contributed by atoms with E-state index in [0.29, 0.717) is 5.56 Å². The molecule has 0 atom stereocenters. The summed E-state index contributed by atoms with van der Waals surface area (Å²) in [7, 11) is -3.78. The molecule has 1 amide bonds. The molecule has 0 aliphatic rings. The largest absolute Gasteiger partial charge is 0.452 e. The van der Waals surface area contributed by atoms with Crippen molar-refractivity contribution >= 4 is 27.6 Å². The third kappa shape index (κ3) is 6.22. The summed E-state index contributed by atoms with van der Waals surface area (Å²) in [5.74, 6) is -1.94. The SMILES string of the molecule is CCNS(=O)(=O)c1ccc(C)c(C(=O)OCC(=O)Nc2ccccc2OC(F)F)c1. The van der Waals surface area contributed by atoms with Crippen LogP contribution in [0.5, 0.6) is 5.75 Å². The lowest BCUT2D eigenvalue weighted by molar-refractivity contribution is -0.119. The zero-order valence-corrected chi connectivity index (χ0v) is 17.0. The molecule has 0 heterocycles. The summed E-state index contributed by atoms with van der Waals surface area (Å²) < 4.78 is 60.6. The van der Waals surface area contributed by atoms with Gasteiger partial charge in [-0.2, -0.15) is 8.78 Å². The molecular weight excluding hydrogens is 422 g/mol. The molecule has 30 heavy (non-hydrogen) atoms. The van der Waals surface area contributed by atoms with E-state index in [4.69, 9.17) is 4.74 Å². The van der Waals surface area contributed by atoms with Crippen molar-refractivity contribution < 1.29 is 36.3 Å². The van der Waals surface area contributed by atoms with Crippen LogP contribution in [0.1, 0.15) is 22.8 Å². The van der Waals surface area contributed by atoms with Gasteiger partial charge < -0.3 is 14.8 Å². The van der Waals surface area contributed by atoms with Gasteiger partial charge in [0.25, 0.3) is 5.91 Å². The lowest BCUT2D eigenvalue weighted by Crippen LogP contribution is -2.24. The number of rotatable bonds is 9. The minimum Gasteiger partial charge on any atom is -0.452 e. The number of ether oxygens (including phenoxy) is 2. The van der Waals surface area contributed by atoms with E-state index in [9.17, 15) is 26.8 Å². The van der Waals surface area contributed by atoms with Gasteiger partial charge in [0, 0.05) is 6.54 Å². The first kappa shape index (κ1) is 23.2. The highest BCUT2D eigenvalue weighted by atomic mass is 32.2. The summed E-state index contributed by atoms with van der Waals surface area (Å²) in [5.41, 5.74) is 0.406. The molecule has 0 aromatic heterocycles. The Morgan fingerprint density at radius 2 is 1.83 bits per heavy atom. The summed E-state index contributed by atoms with van der Waals surface area (Å²) in [6.45, 7) is -0.421. The van der Waals surface area contributed by atoms with E-state index in [-0.39, 0.29) is 28.4 Å². The molecule has 2 aromatic carbocycles. The molecule has 0 saturated carbocycles. The molecule has 0 saturated heterocycles. The van der Waals surface area contributed by atoms with Crippen LogP contribution < -0.4 is 14.8 Å². The summed E-state index contributed by atoms with van der Waals surface area (Å²) in [4.78, 5) is 24.3. The monoisotopic (exact) mass is 442 g/mol. The molecule has 0 fully saturated rings. The number of amides is 1. The molecule has 0 bridgehead atoms. The highest BCUT2D eigenvalue weighted by Crippen LogP contribution is 2.25. The molecule has 0 radical (unpaired) electrons. The average molecular weight is 442 g/mol. The maximum absolute atomic E-state index is 12.4. The maximum Gasteiger partial charge on any atom is 0.387 e. The molecule has 11 heteroatoms. The third-order valence-electron chi connectivity index (χ3n) is 3.79. The summed E-state index contributed by atoms with van der Waals surface area (Å²) in [6.07, 6.45) is 0. The molecule has 0 aliphatic heterocycles. The van der Waals surface area contributed by atoms with Crippen molar-refractivity contribution in [1.29, 1.82) is 0 Å². The molecule has 0 spiro atoms. The molecule has 0 aliphatic carbocycles. The van der Waals surface area contributed by atoms with Gasteiger partial charge in [0.1, 0.15) is 5.75 Å². The Labute approximate surface area is 172 Å². The molecule has 0 unspecified atom stereocenters. The minimum absolute atomic E-state index is 0.0197. The van der Waals surface area contributed by atoms with Gasteiger partial charge in [0.15, 0.2) is 6.61 Å². The lowest BCUT2D eigenvalue weighted by atomic mass is 10.1. The molecule has 2 aromatic rings. The van der Waals surface area contributed by atoms with Crippen LogP contribution in [0.15, 0.2) is 47.4 Å². The number of carbonyl (C=O) groups is 2. The van der Waals surface area contributed by atoms with Crippen molar-refractivity contribution in [3.8, 4) is 5.75 Å². The van der Waals surface area contributed by atoms with Crippen molar-refractivity contribution in [2.45, 2.75) is 25.4 Å². The molecule has 8 nitrogen and oxygen atoms in total. The number of esters is 1. The number of aryl methyl sites for hydroxylation is 1. The predicted octanol–water partition coefficient (Wildman–Crippen LogP) is 2.69. The van der Waals surface area contributed by atoms with Crippen LogP contribution in [-0.4, -0.2) is 40.1 Å². The number of anilines is 1. The number of hydrogen-bond acceptors (Lipinski definition) is 6. The Kier molecular flexibility index (Phi) is 7.84. The average Bonchev–Trinajstić information content (AvgIpc) is 2.67. The van der Waals surface area contributed by atoms with Crippen molar-refractivity contribution in [2.75, 3.05) is 18.5 Å². The van der Waals surface area contributed by atoms with Crippen LogP contribution in [-0.2, 0) is 19.6 Å². The van der Waals surface area contributed by atoms with E-state index in [1.165, 1.54) is 36.4 Å². The predicted molar refractivity (Wildman–Crippen MR) is 104 cm³/mol. The van der Waals surface area contributed by atoms with E-state index >= 15 is 0 Å². The van der Waals surface area contributed by atoms with E-state index in [1.807, 2.05) is 0 Å². The van der Waals surface area contributed by atoms with Crippen molar-refractivity contribution in [3.63, 3.8) is 0 Å². The number of sulfonamides is 1. The summed E-state index contributed by atoms with van der Waals surface area (Å²) >= 11 is 0. The molecule has 2 N–H and O–H groups in total. The van der Waals surface area contributed by atoms with Crippen LogP contribution in [0.2, 0.25) is 0 Å². The first-order valence-electron chi connectivity index (χ1n) is 8.75. The highest BCUT2D eigenvalue weighted by Gasteiger charge is 2.19. The minimum atomic E-state index is -3.78. The van der Waals surface area contributed by atoms with Crippen LogP contribution in [0.25, 0.3) is 0 Å². The number of halogens is 2. The quantitative estimate of drug-likeness (QED) is 0.578. The molecule has 2 rings (SSSR count). The normalized spacial score (nSPS) is 11.2. The van der Waals surface area contributed by atoms with Gasteiger partial charge in [-0.15, -0.1) is 0 Å².